The van der Waals surface area contributed by atoms with E-state index in [9.17, 15) is 0 Å². The first-order chi connectivity index (χ1) is 3.80. The van der Waals surface area contributed by atoms with Crippen LogP contribution in [0.25, 0.3) is 0 Å². The predicted octanol–water partition coefficient (Wildman–Crippen LogP) is 1.39. The van der Waals surface area contributed by atoms with E-state index >= 15 is 0 Å². The molecule has 0 unspecified atom stereocenters. The van der Waals surface area contributed by atoms with Gasteiger partial charge in [-0.25, -0.2) is 0 Å². The number of hydrogen-bond acceptors (Lipinski definition) is 1. The summed E-state index contributed by atoms with van der Waals surface area (Å²) in [5.74, 6) is 0. The van der Waals surface area contributed by atoms with E-state index in [-0.39, 0.29) is 0 Å². The highest BCUT2D eigenvalue weighted by Gasteiger charge is 2.00. The molecular weight excluding hydrogens is 98.1 g/mol. The van der Waals surface area contributed by atoms with Gasteiger partial charge < -0.3 is 4.90 Å². The lowest BCUT2D eigenvalue weighted by molar-refractivity contribution is 0.403. The van der Waals surface area contributed by atoms with Crippen molar-refractivity contribution in [3.63, 3.8) is 0 Å². The number of nitrogens with zero attached hydrogens (tertiary/aromatic N) is 1. The van der Waals surface area contributed by atoms with E-state index in [1.54, 1.807) is 0 Å². The monoisotopic (exact) mass is 109 g/mol. The second-order valence-corrected chi connectivity index (χ2v) is 2.13. The maximum atomic E-state index is 2.17. The van der Waals surface area contributed by atoms with Crippen molar-refractivity contribution in [2.75, 3.05) is 7.05 Å². The fourth-order valence-corrected chi connectivity index (χ4v) is 0.682. The van der Waals surface area contributed by atoms with Crippen LogP contribution in [0.15, 0.2) is 24.4 Å². The molecule has 1 aliphatic heterocycles. The third-order valence-electron chi connectivity index (χ3n) is 1.46. The molecule has 1 atom stereocenters. The topological polar surface area (TPSA) is 3.24 Å². The largest absolute Gasteiger partial charge is 0.374 e. The first kappa shape index (κ1) is 5.42. The second-order valence-electron chi connectivity index (χ2n) is 2.13. The quantitative estimate of drug-likeness (QED) is 0.454. The molecule has 1 heteroatoms. The van der Waals surface area contributed by atoms with Gasteiger partial charge in [0.05, 0.1) is 0 Å². The van der Waals surface area contributed by atoms with Crippen LogP contribution in [0.5, 0.6) is 0 Å². The van der Waals surface area contributed by atoms with Gasteiger partial charge in [-0.3, -0.25) is 0 Å². The Hall–Kier alpha value is -0.720. The summed E-state index contributed by atoms with van der Waals surface area (Å²) in [6.45, 7) is 2.17. The summed E-state index contributed by atoms with van der Waals surface area (Å²) in [5.41, 5.74) is 0. The summed E-state index contributed by atoms with van der Waals surface area (Å²) in [5, 5.41) is 0. The molecule has 0 radical (unpaired) electrons. The average molecular weight is 109 g/mol. The molecule has 0 fully saturated rings. The van der Waals surface area contributed by atoms with Gasteiger partial charge in [-0.2, -0.15) is 0 Å². The van der Waals surface area contributed by atoms with Crippen LogP contribution in [0.4, 0.5) is 0 Å². The Balaban J connectivity index is 2.59. The van der Waals surface area contributed by atoms with E-state index in [4.69, 9.17) is 0 Å². The van der Waals surface area contributed by atoms with Crippen molar-refractivity contribution in [2.24, 2.45) is 0 Å². The van der Waals surface area contributed by atoms with Gasteiger partial charge in [-0.1, -0.05) is 12.2 Å². The zero-order chi connectivity index (χ0) is 5.98. The zero-order valence-corrected chi connectivity index (χ0v) is 5.33. The number of rotatable bonds is 0. The summed E-state index contributed by atoms with van der Waals surface area (Å²) < 4.78 is 0. The highest BCUT2D eigenvalue weighted by molar-refractivity contribution is 5.11. The van der Waals surface area contributed by atoms with Crippen LogP contribution in [-0.2, 0) is 0 Å². The maximum absolute atomic E-state index is 2.17. The third-order valence-corrected chi connectivity index (χ3v) is 1.46. The minimum atomic E-state index is 0.569. The highest BCUT2D eigenvalue weighted by Crippen LogP contribution is 2.02. The van der Waals surface area contributed by atoms with Crippen molar-refractivity contribution in [3.05, 3.63) is 24.4 Å². The lowest BCUT2D eigenvalue weighted by Crippen LogP contribution is -2.22. The normalized spacial score (nSPS) is 26.8. The Bertz CT molecular complexity index is 108. The predicted molar refractivity (Wildman–Crippen MR) is 35.5 cm³/mol. The Labute approximate surface area is 50.3 Å². The van der Waals surface area contributed by atoms with Crippen LogP contribution >= 0.6 is 0 Å². The minimum absolute atomic E-state index is 0.569. The van der Waals surface area contributed by atoms with Crippen LogP contribution < -0.4 is 0 Å². The molecule has 0 spiro atoms. The molecule has 0 saturated carbocycles. The van der Waals surface area contributed by atoms with Crippen molar-refractivity contribution < 1.29 is 0 Å². The van der Waals surface area contributed by atoms with E-state index in [1.165, 1.54) is 0 Å². The molecular formula is C7H11N. The smallest absolute Gasteiger partial charge is 0.0439 e. The van der Waals surface area contributed by atoms with Gasteiger partial charge in [0, 0.05) is 13.1 Å². The lowest BCUT2D eigenvalue weighted by Gasteiger charge is -2.21. The Morgan fingerprint density at radius 3 is 2.50 bits per heavy atom. The van der Waals surface area contributed by atoms with Gasteiger partial charge in [0.1, 0.15) is 0 Å². The van der Waals surface area contributed by atoms with Crippen LogP contribution in [-0.4, -0.2) is 18.0 Å². The summed E-state index contributed by atoms with van der Waals surface area (Å²) in [6.07, 6.45) is 8.36. The molecule has 1 heterocycles. The standard InChI is InChI=1S/C7H11N/c1-7-5-3-4-6-8(7)2/h3-7H,1-2H3/t7-/m1/s1. The second kappa shape index (κ2) is 2.03. The van der Waals surface area contributed by atoms with Gasteiger partial charge in [0.2, 0.25) is 0 Å². The molecule has 1 aliphatic rings. The first-order valence-electron chi connectivity index (χ1n) is 2.87. The van der Waals surface area contributed by atoms with Gasteiger partial charge >= 0.3 is 0 Å². The summed E-state index contributed by atoms with van der Waals surface area (Å²) in [4.78, 5) is 2.17. The molecule has 0 aromatic heterocycles. The molecule has 0 aliphatic carbocycles. The van der Waals surface area contributed by atoms with Crippen LogP contribution in [0.1, 0.15) is 6.92 Å². The lowest BCUT2D eigenvalue weighted by atomic mass is 10.2. The van der Waals surface area contributed by atoms with Crippen molar-refractivity contribution in [3.8, 4) is 0 Å². The highest BCUT2D eigenvalue weighted by atomic mass is 15.1. The van der Waals surface area contributed by atoms with Gasteiger partial charge in [-0.05, 0) is 19.2 Å². The van der Waals surface area contributed by atoms with Crippen molar-refractivity contribution in [1.29, 1.82) is 0 Å². The van der Waals surface area contributed by atoms with Crippen LogP contribution in [0.2, 0.25) is 0 Å². The van der Waals surface area contributed by atoms with Crippen LogP contribution in [0.3, 0.4) is 0 Å². The van der Waals surface area contributed by atoms with E-state index in [0.717, 1.165) is 0 Å². The average Bonchev–Trinajstić information content (AvgIpc) is 1.77. The number of likely N-dealkylation sites (N-methyl/N-ethyl adjacent to an activating group) is 1. The van der Waals surface area contributed by atoms with Gasteiger partial charge in [0.15, 0.2) is 0 Å². The Kier molecular flexibility index (Phi) is 1.38. The van der Waals surface area contributed by atoms with Gasteiger partial charge in [0.25, 0.3) is 0 Å². The van der Waals surface area contributed by atoms with E-state index in [1.807, 2.05) is 6.08 Å². The maximum Gasteiger partial charge on any atom is 0.0439 e. The first-order valence-corrected chi connectivity index (χ1v) is 2.87. The van der Waals surface area contributed by atoms with Gasteiger partial charge in [-0.15, -0.1) is 0 Å². The third kappa shape index (κ3) is 0.915. The molecule has 44 valence electrons. The number of hydrogen-bond donors (Lipinski definition) is 0. The molecule has 0 amide bonds. The molecule has 1 nitrogen and oxygen atoms in total. The molecule has 0 aromatic carbocycles. The molecule has 0 aromatic rings. The fourth-order valence-electron chi connectivity index (χ4n) is 0.682. The summed E-state index contributed by atoms with van der Waals surface area (Å²) in [7, 11) is 2.07. The molecule has 0 bridgehead atoms. The van der Waals surface area contributed by atoms with Crippen molar-refractivity contribution in [2.45, 2.75) is 13.0 Å². The minimum Gasteiger partial charge on any atom is -0.374 e. The zero-order valence-electron chi connectivity index (χ0n) is 5.33. The molecule has 8 heavy (non-hydrogen) atoms. The van der Waals surface area contributed by atoms with Crippen LogP contribution in [0, 0.1) is 0 Å². The SMILES string of the molecule is C[C@@H]1C=CC=CN1C. The summed E-state index contributed by atoms with van der Waals surface area (Å²) >= 11 is 0. The number of allylic oxidation sites excluding steroid dienone is 2. The molecule has 1 rings (SSSR count). The van der Waals surface area contributed by atoms with E-state index < -0.39 is 0 Å². The summed E-state index contributed by atoms with van der Waals surface area (Å²) in [6, 6.07) is 0.569. The fraction of sp³-hybridized carbons (Fsp3) is 0.429. The van der Waals surface area contributed by atoms with Crippen molar-refractivity contribution in [1.82, 2.24) is 4.90 Å². The molecule has 0 N–H and O–H groups in total. The van der Waals surface area contributed by atoms with E-state index in [0.29, 0.717) is 6.04 Å². The van der Waals surface area contributed by atoms with E-state index in [2.05, 4.69) is 37.2 Å². The van der Waals surface area contributed by atoms with Crippen molar-refractivity contribution >= 4 is 0 Å². The Morgan fingerprint density at radius 2 is 2.12 bits per heavy atom. The Morgan fingerprint density at radius 1 is 1.38 bits per heavy atom. The molecule has 0 saturated heterocycles.